The molecule has 0 saturated carbocycles. The fourth-order valence-corrected chi connectivity index (χ4v) is 4.83. The number of fused-ring (bicyclic) bond motifs is 1. The maximum Gasteiger partial charge on any atom is 0.250 e. The van der Waals surface area contributed by atoms with E-state index in [0.717, 1.165) is 16.6 Å². The van der Waals surface area contributed by atoms with E-state index in [9.17, 15) is 14.0 Å². The average Bonchev–Trinajstić information content (AvgIpc) is 3.39. The molecule has 0 radical (unpaired) electrons. The number of aryl methyl sites for hydroxylation is 1. The van der Waals surface area contributed by atoms with E-state index >= 15 is 0 Å². The van der Waals surface area contributed by atoms with E-state index in [4.69, 9.17) is 0 Å². The van der Waals surface area contributed by atoms with Crippen LogP contribution in [-0.2, 0) is 16.0 Å². The minimum absolute atomic E-state index is 0.129. The minimum Gasteiger partial charge on any atom is -0.298 e. The molecule has 6 nitrogen and oxygen atoms in total. The van der Waals surface area contributed by atoms with Crippen molar-refractivity contribution in [2.24, 2.45) is 0 Å². The monoisotopic (exact) mass is 466 g/mol. The highest BCUT2D eigenvalue weighted by atomic mass is 32.1. The summed E-state index contributed by atoms with van der Waals surface area (Å²) in [6.45, 7) is 3.43. The summed E-state index contributed by atoms with van der Waals surface area (Å²) in [5.74, 6) is -1.22. The number of amides is 2. The second-order valence-corrected chi connectivity index (χ2v) is 8.73. The Morgan fingerprint density at radius 1 is 1.19 bits per heavy atom. The highest BCUT2D eigenvalue weighted by molar-refractivity contribution is 7.22. The molecule has 0 unspecified atom stereocenters. The fourth-order valence-electron chi connectivity index (χ4n) is 3.05. The zero-order chi connectivity index (χ0) is 22.7. The van der Waals surface area contributed by atoms with Crippen molar-refractivity contribution in [1.82, 2.24) is 9.97 Å². The van der Waals surface area contributed by atoms with Gasteiger partial charge in [0.25, 0.3) is 0 Å². The summed E-state index contributed by atoms with van der Waals surface area (Å²) >= 11 is 2.60. The topological polar surface area (TPSA) is 75.2 Å². The Labute approximate surface area is 192 Å². The van der Waals surface area contributed by atoms with Crippen molar-refractivity contribution in [2.45, 2.75) is 20.3 Å². The van der Waals surface area contributed by atoms with Crippen LogP contribution >= 0.6 is 22.7 Å². The van der Waals surface area contributed by atoms with Gasteiger partial charge in [-0.05, 0) is 42.3 Å². The van der Waals surface area contributed by atoms with Crippen molar-refractivity contribution in [3.8, 4) is 0 Å². The quantitative estimate of drug-likeness (QED) is 0.365. The molecule has 0 saturated heterocycles. The summed E-state index contributed by atoms with van der Waals surface area (Å²) in [7, 11) is 0. The number of aromatic nitrogens is 2. The van der Waals surface area contributed by atoms with Gasteiger partial charge < -0.3 is 0 Å². The van der Waals surface area contributed by atoms with Gasteiger partial charge in [-0.3, -0.25) is 19.8 Å². The van der Waals surface area contributed by atoms with Crippen molar-refractivity contribution in [3.05, 3.63) is 71.0 Å². The smallest absolute Gasteiger partial charge is 0.250 e. The Morgan fingerprint density at radius 3 is 2.75 bits per heavy atom. The highest BCUT2D eigenvalue weighted by Gasteiger charge is 2.20. The van der Waals surface area contributed by atoms with Gasteiger partial charge in [-0.25, -0.2) is 14.4 Å². The molecule has 4 aromatic rings. The summed E-state index contributed by atoms with van der Waals surface area (Å²) < 4.78 is 15.2. The van der Waals surface area contributed by atoms with Crippen molar-refractivity contribution in [3.63, 3.8) is 0 Å². The molecular formula is C23H19FN4O2S2. The molecule has 2 aromatic carbocycles. The molecule has 162 valence electrons. The first-order valence-corrected chi connectivity index (χ1v) is 11.5. The van der Waals surface area contributed by atoms with Gasteiger partial charge in [0.15, 0.2) is 10.3 Å². The average molecular weight is 467 g/mol. The lowest BCUT2D eigenvalue weighted by Gasteiger charge is -2.18. The van der Waals surface area contributed by atoms with Gasteiger partial charge >= 0.3 is 0 Å². The van der Waals surface area contributed by atoms with Gasteiger partial charge in [0.05, 0.1) is 21.6 Å². The van der Waals surface area contributed by atoms with Gasteiger partial charge in [0.2, 0.25) is 11.8 Å². The third kappa shape index (κ3) is 4.74. The number of rotatable bonds is 6. The molecule has 0 aliphatic rings. The number of nitrogens with zero attached hydrogens (tertiary/aromatic N) is 3. The molecule has 0 aliphatic carbocycles. The van der Waals surface area contributed by atoms with E-state index in [0.29, 0.717) is 16.0 Å². The van der Waals surface area contributed by atoms with Gasteiger partial charge in [0.1, 0.15) is 5.82 Å². The summed E-state index contributed by atoms with van der Waals surface area (Å²) in [5, 5.41) is 5.30. The van der Waals surface area contributed by atoms with Crippen molar-refractivity contribution in [1.29, 1.82) is 0 Å². The number of benzene rings is 2. The van der Waals surface area contributed by atoms with Gasteiger partial charge in [-0.15, -0.1) is 11.3 Å². The number of anilines is 3. The van der Waals surface area contributed by atoms with Crippen LogP contribution in [0.5, 0.6) is 0 Å². The van der Waals surface area contributed by atoms with Crippen molar-refractivity contribution >= 4 is 66.7 Å². The Hall–Kier alpha value is -3.43. The molecule has 0 fully saturated rings. The lowest BCUT2D eigenvalue weighted by atomic mass is 10.2. The number of carbonyl (C=O) groups is 2. The Kier molecular flexibility index (Phi) is 6.38. The van der Waals surface area contributed by atoms with Gasteiger partial charge in [-0.1, -0.05) is 36.5 Å². The Bertz CT molecular complexity index is 1330. The second kappa shape index (κ2) is 9.37. The molecule has 2 amide bonds. The minimum atomic E-state index is -0.517. The van der Waals surface area contributed by atoms with Crippen LogP contribution < -0.4 is 10.2 Å². The molecule has 1 N–H and O–H groups in total. The lowest BCUT2D eigenvalue weighted by molar-refractivity contribution is -0.116. The third-order valence-corrected chi connectivity index (χ3v) is 6.38. The zero-order valence-corrected chi connectivity index (χ0v) is 19.0. The summed E-state index contributed by atoms with van der Waals surface area (Å²) in [5.41, 5.74) is 2.67. The van der Waals surface area contributed by atoms with Crippen molar-refractivity contribution < 1.29 is 14.0 Å². The second-order valence-electron chi connectivity index (χ2n) is 6.86. The molecule has 2 aromatic heterocycles. The zero-order valence-electron chi connectivity index (χ0n) is 17.3. The van der Waals surface area contributed by atoms with E-state index < -0.39 is 5.82 Å². The third-order valence-electron chi connectivity index (χ3n) is 4.61. The van der Waals surface area contributed by atoms with E-state index in [1.54, 1.807) is 17.5 Å². The molecule has 4 rings (SSSR count). The van der Waals surface area contributed by atoms with Crippen LogP contribution in [0.4, 0.5) is 20.3 Å². The van der Waals surface area contributed by atoms with Crippen LogP contribution in [0, 0.1) is 5.82 Å². The normalized spacial score (nSPS) is 11.2. The van der Waals surface area contributed by atoms with Gasteiger partial charge in [0, 0.05) is 18.4 Å². The molecule has 0 bridgehead atoms. The number of nitrogens with one attached hydrogen (secondary N) is 1. The SMILES string of the molecule is CCc1ccc2nc(NC(=O)/C=C/c3csc(N(C(C)=O)c4ccccc4F)n3)sc2c1. The summed E-state index contributed by atoms with van der Waals surface area (Å²) in [6, 6.07) is 12.1. The summed E-state index contributed by atoms with van der Waals surface area (Å²) in [6.07, 6.45) is 3.83. The van der Waals surface area contributed by atoms with Crippen LogP contribution in [0.3, 0.4) is 0 Å². The van der Waals surface area contributed by atoms with E-state index in [1.165, 1.54) is 64.3 Å². The van der Waals surface area contributed by atoms with Crippen LogP contribution in [-0.4, -0.2) is 21.8 Å². The highest BCUT2D eigenvalue weighted by Crippen LogP contribution is 2.31. The molecule has 2 heterocycles. The molecule has 0 spiro atoms. The first kappa shape index (κ1) is 21.8. The van der Waals surface area contributed by atoms with Crippen molar-refractivity contribution in [2.75, 3.05) is 10.2 Å². The standard InChI is InChI=1S/C23H19FN4O2S2/c1-3-15-8-10-18-20(12-15)32-22(26-18)27-21(30)11-9-16-13-31-23(25-16)28(14(2)29)19-7-5-4-6-17(19)24/h4-13H,3H2,1-2H3,(H,26,27,30)/b11-9+. The number of para-hydroxylation sites is 1. The molecular weight excluding hydrogens is 447 g/mol. The van der Waals surface area contributed by atoms with Gasteiger partial charge in [-0.2, -0.15) is 0 Å². The van der Waals surface area contributed by atoms with E-state index in [-0.39, 0.29) is 17.5 Å². The maximum absolute atomic E-state index is 14.2. The first-order chi connectivity index (χ1) is 15.4. The molecule has 0 atom stereocenters. The fraction of sp³-hybridized carbons (Fsp3) is 0.130. The number of hydrogen-bond donors (Lipinski definition) is 1. The predicted octanol–water partition coefficient (Wildman–Crippen LogP) is 5.79. The van der Waals surface area contributed by atoms with Crippen LogP contribution in [0.15, 0.2) is 53.9 Å². The van der Waals surface area contributed by atoms with E-state index in [1.807, 2.05) is 12.1 Å². The molecule has 9 heteroatoms. The number of thiazole rings is 2. The number of hydrogen-bond acceptors (Lipinski definition) is 6. The van der Waals surface area contributed by atoms with Crippen LogP contribution in [0.2, 0.25) is 0 Å². The predicted molar refractivity (Wildman–Crippen MR) is 128 cm³/mol. The largest absolute Gasteiger partial charge is 0.298 e. The lowest BCUT2D eigenvalue weighted by Crippen LogP contribution is -2.23. The van der Waals surface area contributed by atoms with E-state index in [2.05, 4.69) is 28.3 Å². The number of carbonyl (C=O) groups excluding carboxylic acids is 2. The van der Waals surface area contributed by atoms with Crippen LogP contribution in [0.25, 0.3) is 16.3 Å². The van der Waals surface area contributed by atoms with Crippen LogP contribution in [0.1, 0.15) is 25.1 Å². The number of halogens is 1. The maximum atomic E-state index is 14.2. The first-order valence-electron chi connectivity index (χ1n) is 9.84. The molecule has 0 aliphatic heterocycles. The Morgan fingerprint density at radius 2 is 2.00 bits per heavy atom. The Balaban J connectivity index is 1.48. The summed E-state index contributed by atoms with van der Waals surface area (Å²) in [4.78, 5) is 34.5. The molecule has 32 heavy (non-hydrogen) atoms.